The fourth-order valence-electron chi connectivity index (χ4n) is 3.29. The van der Waals surface area contributed by atoms with E-state index in [9.17, 15) is 15.3 Å². The summed E-state index contributed by atoms with van der Waals surface area (Å²) in [7, 11) is 0. The molecule has 1 aliphatic carbocycles. The van der Waals surface area contributed by atoms with Crippen LogP contribution in [0.1, 0.15) is 41.3 Å². The van der Waals surface area contributed by atoms with E-state index in [1.54, 1.807) is 12.1 Å². The lowest BCUT2D eigenvalue weighted by Crippen LogP contribution is -2.48. The van der Waals surface area contributed by atoms with Gasteiger partial charge < -0.3 is 15.3 Å². The number of hydrogen-bond acceptors (Lipinski definition) is 5. The zero-order chi connectivity index (χ0) is 18.9. The molecule has 3 rings (SSSR count). The summed E-state index contributed by atoms with van der Waals surface area (Å²) in [6.45, 7) is -0.246. The lowest BCUT2D eigenvalue weighted by molar-refractivity contribution is -0.0592. The number of nitrogens with zero attached hydrogens (tertiary/aromatic N) is 1. The second-order valence-electron chi connectivity index (χ2n) is 6.32. The van der Waals surface area contributed by atoms with Crippen molar-refractivity contribution in [2.75, 3.05) is 0 Å². The largest absolute Gasteiger partial charge is 0.392 e. The van der Waals surface area contributed by atoms with E-state index in [0.29, 0.717) is 21.2 Å². The van der Waals surface area contributed by atoms with Crippen molar-refractivity contribution in [3.05, 3.63) is 62.9 Å². The Morgan fingerprint density at radius 3 is 2.88 bits per heavy atom. The van der Waals surface area contributed by atoms with Crippen LogP contribution in [0.3, 0.4) is 0 Å². The predicted molar refractivity (Wildman–Crippen MR) is 96.4 cm³/mol. The summed E-state index contributed by atoms with van der Waals surface area (Å²) in [4.78, 5) is 4.05. The number of alkyl halides is 1. The molecule has 3 atom stereocenters. The molecule has 1 heterocycles. The Morgan fingerprint density at radius 2 is 2.15 bits per heavy atom. The van der Waals surface area contributed by atoms with E-state index < -0.39 is 18.0 Å². The number of fused-ring (bicyclic) bond motifs is 1. The van der Waals surface area contributed by atoms with E-state index in [1.807, 2.05) is 0 Å². The molecule has 3 unspecified atom stereocenters. The molecule has 0 saturated carbocycles. The van der Waals surface area contributed by atoms with Gasteiger partial charge in [-0.05, 0) is 42.2 Å². The highest BCUT2D eigenvalue weighted by atomic mass is 35.5. The Kier molecular flexibility index (Phi) is 5.81. The average molecular weight is 401 g/mol. The number of nitrogens with one attached hydrogen (secondary N) is 1. The minimum atomic E-state index is -2.10. The molecule has 1 aromatic carbocycles. The van der Waals surface area contributed by atoms with E-state index in [1.165, 1.54) is 18.3 Å². The van der Waals surface area contributed by atoms with Gasteiger partial charge in [0.05, 0.1) is 18.4 Å². The van der Waals surface area contributed by atoms with Gasteiger partial charge in [0.25, 0.3) is 0 Å². The average Bonchev–Trinajstić information content (AvgIpc) is 2.63. The molecule has 5 nitrogen and oxygen atoms in total. The molecule has 4 N–H and O–H groups in total. The number of pyridine rings is 1. The van der Waals surface area contributed by atoms with Gasteiger partial charge in [0.2, 0.25) is 0 Å². The maximum atomic E-state index is 15.6. The summed E-state index contributed by atoms with van der Waals surface area (Å²) >= 11 is 12.1. The van der Waals surface area contributed by atoms with Crippen molar-refractivity contribution < 1.29 is 19.7 Å². The summed E-state index contributed by atoms with van der Waals surface area (Å²) in [5.41, 5.74) is -0.660. The van der Waals surface area contributed by atoms with Gasteiger partial charge in [-0.15, -0.1) is 0 Å². The zero-order valence-corrected chi connectivity index (χ0v) is 15.3. The molecular weight excluding hydrogens is 382 g/mol. The topological polar surface area (TPSA) is 85.6 Å². The molecule has 26 heavy (non-hydrogen) atoms. The van der Waals surface area contributed by atoms with Crippen LogP contribution in [0, 0.1) is 0 Å². The highest BCUT2D eigenvalue weighted by Crippen LogP contribution is 2.43. The van der Waals surface area contributed by atoms with Crippen LogP contribution in [-0.2, 0) is 18.8 Å². The fraction of sp³-hybridized carbons (Fsp3) is 0.389. The monoisotopic (exact) mass is 400 g/mol. The van der Waals surface area contributed by atoms with Crippen LogP contribution in [0.5, 0.6) is 0 Å². The number of aliphatic hydroxyl groups excluding tert-OH is 3. The molecular formula is C18H19Cl2FN2O3. The standard InChI is InChI=1S/C18H19Cl2FN2O3/c19-11-6-10(9-24)12(14(20)7-11)8-23-17(26)18(21)4-3-15(25)16-13(18)2-1-5-22-16/h1-2,5-7,15,17,23-26H,3-4,8-9H2. The van der Waals surface area contributed by atoms with E-state index in [-0.39, 0.29) is 37.3 Å². The molecule has 0 saturated heterocycles. The Hall–Kier alpha value is -1.28. The summed E-state index contributed by atoms with van der Waals surface area (Å²) < 4.78 is 15.6. The van der Waals surface area contributed by atoms with E-state index >= 15 is 4.39 Å². The van der Waals surface area contributed by atoms with Crippen molar-refractivity contribution in [1.82, 2.24) is 10.3 Å². The Balaban J connectivity index is 1.83. The van der Waals surface area contributed by atoms with Gasteiger partial charge in [0.1, 0.15) is 6.23 Å². The third-order valence-corrected chi connectivity index (χ3v) is 5.27. The molecule has 0 fully saturated rings. The summed E-state index contributed by atoms with van der Waals surface area (Å²) in [6, 6.07) is 6.17. The summed E-state index contributed by atoms with van der Waals surface area (Å²) in [6.07, 6.45) is -0.815. The van der Waals surface area contributed by atoms with Gasteiger partial charge in [0.15, 0.2) is 5.67 Å². The van der Waals surface area contributed by atoms with Crippen molar-refractivity contribution in [1.29, 1.82) is 0 Å². The maximum Gasteiger partial charge on any atom is 0.176 e. The van der Waals surface area contributed by atoms with Crippen LogP contribution >= 0.6 is 23.2 Å². The Bertz CT molecular complexity index is 808. The van der Waals surface area contributed by atoms with Crippen molar-refractivity contribution in [3.8, 4) is 0 Å². The number of rotatable bonds is 5. The van der Waals surface area contributed by atoms with Crippen LogP contribution in [0.25, 0.3) is 0 Å². The van der Waals surface area contributed by atoms with Gasteiger partial charge in [-0.1, -0.05) is 29.3 Å². The molecule has 0 amide bonds. The molecule has 1 aliphatic rings. The van der Waals surface area contributed by atoms with Gasteiger partial charge in [-0.2, -0.15) is 0 Å². The quantitative estimate of drug-likeness (QED) is 0.579. The first-order chi connectivity index (χ1) is 12.4. The second kappa shape index (κ2) is 7.76. The number of aromatic nitrogens is 1. The maximum absolute atomic E-state index is 15.6. The molecule has 1 aromatic heterocycles. The van der Waals surface area contributed by atoms with Crippen molar-refractivity contribution in [3.63, 3.8) is 0 Å². The first-order valence-electron chi connectivity index (χ1n) is 8.18. The van der Waals surface area contributed by atoms with Crippen LogP contribution in [-0.4, -0.2) is 26.5 Å². The SMILES string of the molecule is OCc1cc(Cl)cc(Cl)c1CNC(O)C1(F)CCC(O)c2ncccc21. The first-order valence-corrected chi connectivity index (χ1v) is 8.94. The van der Waals surface area contributed by atoms with Gasteiger partial charge >= 0.3 is 0 Å². The highest BCUT2D eigenvalue weighted by molar-refractivity contribution is 6.35. The van der Waals surface area contributed by atoms with Crippen LogP contribution in [0.4, 0.5) is 4.39 Å². The minimum absolute atomic E-state index is 0.0386. The number of hydrogen-bond donors (Lipinski definition) is 4. The van der Waals surface area contributed by atoms with Crippen LogP contribution in [0.15, 0.2) is 30.5 Å². The molecule has 0 aliphatic heterocycles. The Morgan fingerprint density at radius 1 is 1.38 bits per heavy atom. The van der Waals surface area contributed by atoms with Crippen LogP contribution < -0.4 is 5.32 Å². The Labute approximate surface area is 160 Å². The smallest absolute Gasteiger partial charge is 0.176 e. The zero-order valence-electron chi connectivity index (χ0n) is 13.8. The number of halogens is 3. The van der Waals surface area contributed by atoms with Gasteiger partial charge in [-0.3, -0.25) is 10.3 Å². The number of aliphatic hydroxyl groups is 3. The van der Waals surface area contributed by atoms with Crippen molar-refractivity contribution in [2.45, 2.75) is 44.0 Å². The van der Waals surface area contributed by atoms with E-state index in [2.05, 4.69) is 10.3 Å². The fourth-order valence-corrected chi connectivity index (χ4v) is 3.90. The second-order valence-corrected chi connectivity index (χ2v) is 7.16. The lowest BCUT2D eigenvalue weighted by Gasteiger charge is -2.37. The van der Waals surface area contributed by atoms with Gasteiger partial charge in [0, 0.05) is 28.4 Å². The molecule has 8 heteroatoms. The molecule has 2 aromatic rings. The lowest BCUT2D eigenvalue weighted by atomic mass is 9.80. The summed E-state index contributed by atoms with van der Waals surface area (Å²) in [5.74, 6) is 0. The van der Waals surface area contributed by atoms with Crippen molar-refractivity contribution >= 4 is 23.2 Å². The van der Waals surface area contributed by atoms with E-state index in [0.717, 1.165) is 0 Å². The normalized spacial score (nSPS) is 23.5. The molecule has 0 spiro atoms. The summed E-state index contributed by atoms with van der Waals surface area (Å²) in [5, 5.41) is 33.4. The van der Waals surface area contributed by atoms with Crippen molar-refractivity contribution in [2.24, 2.45) is 0 Å². The van der Waals surface area contributed by atoms with Gasteiger partial charge in [-0.25, -0.2) is 4.39 Å². The molecule has 0 radical (unpaired) electrons. The first kappa shape index (κ1) is 19.5. The third kappa shape index (κ3) is 3.58. The number of benzene rings is 1. The molecule has 140 valence electrons. The molecule has 0 bridgehead atoms. The van der Waals surface area contributed by atoms with Crippen LogP contribution in [0.2, 0.25) is 10.0 Å². The third-order valence-electron chi connectivity index (χ3n) is 4.71. The minimum Gasteiger partial charge on any atom is -0.392 e. The van der Waals surface area contributed by atoms with E-state index in [4.69, 9.17) is 23.2 Å². The predicted octanol–water partition coefficient (Wildman–Crippen LogP) is 2.98. The highest BCUT2D eigenvalue weighted by Gasteiger charge is 2.46.